The monoisotopic (exact) mass is 575 g/mol. The first-order chi connectivity index (χ1) is 18.5. The number of carbonyl (C=O) groups excluding carboxylic acids is 2. The van der Waals surface area contributed by atoms with Crippen molar-refractivity contribution in [2.24, 2.45) is 11.3 Å². The Labute approximate surface area is 232 Å². The minimum atomic E-state index is -0.207. The van der Waals surface area contributed by atoms with Gasteiger partial charge in [-0.25, -0.2) is 0 Å². The molecular weight excluding hydrogens is 542 g/mol. The van der Waals surface area contributed by atoms with Crippen LogP contribution in [0.5, 0.6) is 0 Å². The molecule has 38 heavy (non-hydrogen) atoms. The van der Waals surface area contributed by atoms with E-state index in [0.29, 0.717) is 36.6 Å². The van der Waals surface area contributed by atoms with Crippen molar-refractivity contribution in [3.8, 4) is 0 Å². The summed E-state index contributed by atoms with van der Waals surface area (Å²) < 4.78 is 6.47. The van der Waals surface area contributed by atoms with Crippen molar-refractivity contribution < 1.29 is 14.0 Å². The van der Waals surface area contributed by atoms with Crippen molar-refractivity contribution >= 4 is 27.7 Å². The lowest BCUT2D eigenvalue weighted by atomic mass is 9.76. The van der Waals surface area contributed by atoms with Crippen LogP contribution in [0.4, 0.5) is 0 Å². The van der Waals surface area contributed by atoms with Crippen LogP contribution < -0.4 is 0 Å². The average molecular weight is 577 g/mol. The van der Waals surface area contributed by atoms with Crippen LogP contribution in [0.25, 0.3) is 0 Å². The zero-order valence-corrected chi connectivity index (χ0v) is 23.2. The predicted molar refractivity (Wildman–Crippen MR) is 150 cm³/mol. The molecule has 6 rings (SSSR count). The number of hydrogen-bond acceptors (Lipinski definition) is 4. The lowest BCUT2D eigenvalue weighted by molar-refractivity contribution is -0.139. The molecular formula is C31H34BrN3O3. The van der Waals surface area contributed by atoms with Crippen molar-refractivity contribution in [2.45, 2.75) is 31.7 Å². The van der Waals surface area contributed by atoms with Crippen molar-refractivity contribution in [1.29, 1.82) is 0 Å². The summed E-state index contributed by atoms with van der Waals surface area (Å²) in [5, 5.41) is 0. The van der Waals surface area contributed by atoms with Gasteiger partial charge in [-0.15, -0.1) is 0 Å². The topological polar surface area (TPSA) is 57.0 Å². The number of halogens is 1. The van der Waals surface area contributed by atoms with E-state index in [2.05, 4.69) is 62.1 Å². The van der Waals surface area contributed by atoms with Gasteiger partial charge in [0.1, 0.15) is 0 Å². The Morgan fingerprint density at radius 1 is 0.921 bits per heavy atom. The van der Waals surface area contributed by atoms with Crippen LogP contribution >= 0.6 is 15.9 Å². The number of hydrogen-bond donors (Lipinski definition) is 0. The normalized spacial score (nSPS) is 23.4. The van der Waals surface area contributed by atoms with E-state index >= 15 is 0 Å². The summed E-state index contributed by atoms with van der Waals surface area (Å²) >= 11 is 3.49. The lowest BCUT2D eigenvalue weighted by Crippen LogP contribution is -2.46. The molecule has 3 saturated heterocycles. The SMILES string of the molecule is O=C(c1ccco1)N1C[C@H](CN2CCC3(CC2)CCN(Cc2ccc(Br)cc2)C3=O)[C@@H](c2ccccc2)C1. The van der Waals surface area contributed by atoms with E-state index in [1.54, 1.807) is 18.4 Å². The van der Waals surface area contributed by atoms with Crippen LogP contribution in [-0.2, 0) is 11.3 Å². The highest BCUT2D eigenvalue weighted by Gasteiger charge is 2.48. The van der Waals surface area contributed by atoms with Gasteiger partial charge >= 0.3 is 0 Å². The fraction of sp³-hybridized carbons (Fsp3) is 0.419. The summed E-state index contributed by atoms with van der Waals surface area (Å²) in [6, 6.07) is 22.4. The Morgan fingerprint density at radius 2 is 1.66 bits per heavy atom. The van der Waals surface area contributed by atoms with E-state index in [0.717, 1.165) is 56.5 Å². The highest BCUT2D eigenvalue weighted by atomic mass is 79.9. The second-order valence-corrected chi connectivity index (χ2v) is 12.1. The molecule has 3 aliphatic heterocycles. The summed E-state index contributed by atoms with van der Waals surface area (Å²) in [5.41, 5.74) is 2.26. The van der Waals surface area contributed by atoms with Crippen LogP contribution in [0.2, 0.25) is 0 Å². The summed E-state index contributed by atoms with van der Waals surface area (Å²) in [7, 11) is 0. The molecule has 0 aliphatic carbocycles. The molecule has 7 heteroatoms. The van der Waals surface area contributed by atoms with Crippen molar-refractivity contribution in [1.82, 2.24) is 14.7 Å². The zero-order chi connectivity index (χ0) is 26.1. The Morgan fingerprint density at radius 3 is 2.37 bits per heavy atom. The molecule has 0 unspecified atom stereocenters. The minimum absolute atomic E-state index is 0.0292. The van der Waals surface area contributed by atoms with Gasteiger partial charge in [0.15, 0.2) is 5.76 Å². The highest BCUT2D eigenvalue weighted by Crippen LogP contribution is 2.43. The number of benzene rings is 2. The number of carbonyl (C=O) groups is 2. The first-order valence-corrected chi connectivity index (χ1v) is 14.4. The van der Waals surface area contributed by atoms with Gasteiger partial charge in [0.2, 0.25) is 5.91 Å². The minimum Gasteiger partial charge on any atom is -0.459 e. The van der Waals surface area contributed by atoms with E-state index in [1.807, 2.05) is 23.1 Å². The molecule has 1 aromatic heterocycles. The molecule has 1 spiro atoms. The summed E-state index contributed by atoms with van der Waals surface area (Å²) in [6.07, 6.45) is 4.35. The Bertz CT molecular complexity index is 1250. The van der Waals surface area contributed by atoms with Crippen molar-refractivity contribution in [3.05, 3.63) is 94.4 Å². The standard InChI is InChI=1S/C31H34BrN3O3/c32-26-10-8-23(9-11-26)19-34-17-14-31(30(34)37)12-15-33(16-13-31)20-25-21-35(29(36)28-7-4-18-38-28)22-27(25)24-5-2-1-3-6-24/h1-11,18,25,27H,12-17,19-22H2/t25-,27+/m0/s1. The third-order valence-corrected chi connectivity index (χ3v) is 9.41. The molecule has 0 saturated carbocycles. The van der Waals surface area contributed by atoms with Crippen molar-refractivity contribution in [3.63, 3.8) is 0 Å². The molecule has 6 nitrogen and oxygen atoms in total. The van der Waals surface area contributed by atoms with Gasteiger partial charge in [0, 0.05) is 43.1 Å². The van der Waals surface area contributed by atoms with Gasteiger partial charge in [-0.2, -0.15) is 0 Å². The number of furan rings is 1. The Balaban J connectivity index is 1.09. The summed E-state index contributed by atoms with van der Waals surface area (Å²) in [5.74, 6) is 1.35. The lowest BCUT2D eigenvalue weighted by Gasteiger charge is -2.39. The third-order valence-electron chi connectivity index (χ3n) is 8.88. The third kappa shape index (κ3) is 5.06. The smallest absolute Gasteiger partial charge is 0.289 e. The number of likely N-dealkylation sites (tertiary alicyclic amines) is 3. The molecule has 2 aromatic carbocycles. The maximum atomic E-state index is 13.5. The largest absolute Gasteiger partial charge is 0.459 e. The van der Waals surface area contributed by atoms with E-state index in [9.17, 15) is 9.59 Å². The van der Waals surface area contributed by atoms with Crippen LogP contribution in [0.3, 0.4) is 0 Å². The molecule has 0 bridgehead atoms. The summed E-state index contributed by atoms with van der Waals surface area (Å²) in [6.45, 7) is 5.77. The molecule has 198 valence electrons. The van der Waals surface area contributed by atoms with E-state index < -0.39 is 0 Å². The molecule has 3 aliphatic rings. The maximum absolute atomic E-state index is 13.5. The van der Waals surface area contributed by atoms with Gasteiger partial charge in [-0.1, -0.05) is 58.4 Å². The molecule has 3 aromatic rings. The van der Waals surface area contributed by atoms with Gasteiger partial charge in [0.05, 0.1) is 11.7 Å². The molecule has 0 radical (unpaired) electrons. The van der Waals surface area contributed by atoms with E-state index in [4.69, 9.17) is 4.42 Å². The zero-order valence-electron chi connectivity index (χ0n) is 21.6. The number of rotatable bonds is 6. The van der Waals surface area contributed by atoms with Crippen LogP contribution in [0.1, 0.15) is 46.9 Å². The number of piperidine rings is 1. The van der Waals surface area contributed by atoms with Crippen molar-refractivity contribution in [2.75, 3.05) is 39.3 Å². The first kappa shape index (κ1) is 25.4. The van der Waals surface area contributed by atoms with Crippen LogP contribution in [0, 0.1) is 11.3 Å². The van der Waals surface area contributed by atoms with E-state index in [-0.39, 0.29) is 11.3 Å². The quantitative estimate of drug-likeness (QED) is 0.394. The molecule has 0 N–H and O–H groups in total. The summed E-state index contributed by atoms with van der Waals surface area (Å²) in [4.78, 5) is 33.1. The molecule has 3 fully saturated rings. The Kier molecular flexibility index (Phi) is 7.14. The highest BCUT2D eigenvalue weighted by molar-refractivity contribution is 9.10. The second-order valence-electron chi connectivity index (χ2n) is 11.1. The van der Waals surface area contributed by atoms with Gasteiger partial charge < -0.3 is 19.1 Å². The van der Waals surface area contributed by atoms with Gasteiger partial charge in [0.25, 0.3) is 5.91 Å². The molecule has 2 amide bonds. The fourth-order valence-corrected chi connectivity index (χ4v) is 6.93. The maximum Gasteiger partial charge on any atom is 0.289 e. The fourth-order valence-electron chi connectivity index (χ4n) is 6.67. The predicted octanol–water partition coefficient (Wildman–Crippen LogP) is 5.41. The van der Waals surface area contributed by atoms with Crippen LogP contribution in [-0.4, -0.2) is 65.8 Å². The second kappa shape index (κ2) is 10.7. The first-order valence-electron chi connectivity index (χ1n) is 13.6. The van der Waals surface area contributed by atoms with Gasteiger partial charge in [-0.3, -0.25) is 9.59 Å². The van der Waals surface area contributed by atoms with E-state index in [1.165, 1.54) is 11.1 Å². The van der Waals surface area contributed by atoms with Crippen LogP contribution in [0.15, 0.2) is 81.9 Å². The average Bonchev–Trinajstić information content (AvgIpc) is 3.69. The molecule has 2 atom stereocenters. The number of nitrogens with zero attached hydrogens (tertiary/aromatic N) is 3. The number of amides is 2. The Hall–Kier alpha value is -2.90. The van der Waals surface area contributed by atoms with Gasteiger partial charge in [-0.05, 0) is 73.7 Å². The molecule has 4 heterocycles.